The first-order valence-corrected chi connectivity index (χ1v) is 13.2. The largest absolute Gasteiger partial charge is 0.462 e. The number of cyclic esters (lactones) is 2. The molecule has 1 heterocycles. The summed E-state index contributed by atoms with van der Waals surface area (Å²) in [6.45, 7) is 1.42. The van der Waals surface area contributed by atoms with Gasteiger partial charge in [0.25, 0.3) is 10.5 Å². The molecule has 0 saturated carbocycles. The Bertz CT molecular complexity index is 953. The van der Waals surface area contributed by atoms with E-state index < -0.39 is 10.5 Å². The molecule has 1 aliphatic rings. The quantitative estimate of drug-likeness (QED) is 0.224. The molecule has 10 heteroatoms. The lowest BCUT2D eigenvalue weighted by atomic mass is 10.1. The van der Waals surface area contributed by atoms with Gasteiger partial charge in [0.1, 0.15) is 0 Å². The minimum Gasteiger partial charge on any atom is -0.462 e. The van der Waals surface area contributed by atoms with Crippen molar-refractivity contribution < 1.29 is 38.9 Å². The predicted molar refractivity (Wildman–Crippen MR) is 152 cm³/mol. The average molecular weight is 586 g/mol. The molecular formula is C29H38Cl2O8. The molecule has 0 aromatic heterocycles. The smallest absolute Gasteiger partial charge is 0.338 e. The SMILES string of the molecule is C.O=C(Cl)c1cccc(C(=O)Cl)c1.O=C1OCCCCCCOC(=O)c2cccc1c2.OCCCCCCO. The number of aliphatic hydroxyl groups excluding tert-OH is 2. The Morgan fingerprint density at radius 2 is 1.08 bits per heavy atom. The van der Waals surface area contributed by atoms with Crippen molar-refractivity contribution in [3.8, 4) is 0 Å². The number of hydrogen-bond acceptors (Lipinski definition) is 8. The predicted octanol–water partition coefficient (Wildman–Crippen LogP) is 6.19. The van der Waals surface area contributed by atoms with Crippen molar-refractivity contribution in [3.05, 3.63) is 70.8 Å². The Kier molecular flexibility index (Phi) is 20.5. The van der Waals surface area contributed by atoms with Gasteiger partial charge in [0, 0.05) is 24.3 Å². The fourth-order valence-electron chi connectivity index (χ4n) is 3.17. The van der Waals surface area contributed by atoms with Gasteiger partial charge in [-0.2, -0.15) is 0 Å². The van der Waals surface area contributed by atoms with E-state index in [0.29, 0.717) is 24.3 Å². The van der Waals surface area contributed by atoms with Crippen LogP contribution in [0.3, 0.4) is 0 Å². The molecule has 0 aliphatic carbocycles. The number of esters is 2. The first kappa shape index (κ1) is 36.2. The van der Waals surface area contributed by atoms with Crippen LogP contribution >= 0.6 is 23.2 Å². The van der Waals surface area contributed by atoms with Crippen molar-refractivity contribution >= 4 is 45.6 Å². The number of hydrogen-bond donors (Lipinski definition) is 2. The standard InChI is InChI=1S/C14H16O4.C8H4Cl2O2.C6H14O2.CH4/c15-13-11-6-5-7-12(10-11)14(16)18-9-4-2-1-3-8-17-13;9-7(11)5-2-1-3-6(4-5)8(10)12;7-5-3-1-2-4-6-8;/h5-7,10H,1-4,8-9H2;1-4H;7-8H,1-6H2;1H4. The van der Waals surface area contributed by atoms with Crippen LogP contribution in [-0.4, -0.2) is 59.1 Å². The lowest BCUT2D eigenvalue weighted by Crippen LogP contribution is -2.09. The fourth-order valence-corrected chi connectivity index (χ4v) is 3.40. The molecule has 0 unspecified atom stereocenters. The van der Waals surface area contributed by atoms with Gasteiger partial charge in [-0.3, -0.25) is 9.59 Å². The summed E-state index contributed by atoms with van der Waals surface area (Å²) in [5, 5.41) is 15.4. The molecule has 2 bridgehead atoms. The van der Waals surface area contributed by atoms with Gasteiger partial charge in [0.2, 0.25) is 0 Å². The summed E-state index contributed by atoms with van der Waals surface area (Å²) < 4.78 is 10.3. The molecule has 1 aliphatic heterocycles. The zero-order chi connectivity index (χ0) is 28.2. The van der Waals surface area contributed by atoms with Crippen molar-refractivity contribution in [3.63, 3.8) is 0 Å². The molecule has 216 valence electrons. The summed E-state index contributed by atoms with van der Waals surface area (Å²) in [5.74, 6) is -0.771. The summed E-state index contributed by atoms with van der Waals surface area (Å²) in [4.78, 5) is 44.7. The Morgan fingerprint density at radius 1 is 0.667 bits per heavy atom. The van der Waals surface area contributed by atoms with Gasteiger partial charge in [-0.05, 0) is 86.0 Å². The molecule has 0 spiro atoms. The summed E-state index contributed by atoms with van der Waals surface area (Å²) in [6.07, 6.45) is 7.47. The van der Waals surface area contributed by atoms with E-state index in [-0.39, 0.29) is 43.7 Å². The van der Waals surface area contributed by atoms with Crippen LogP contribution in [0.15, 0.2) is 48.5 Å². The third kappa shape index (κ3) is 16.0. The van der Waals surface area contributed by atoms with Crippen molar-refractivity contribution in [1.29, 1.82) is 0 Å². The second kappa shape index (κ2) is 22.1. The summed E-state index contributed by atoms with van der Waals surface area (Å²) >= 11 is 10.4. The molecule has 0 fully saturated rings. The highest BCUT2D eigenvalue weighted by atomic mass is 35.5. The summed E-state index contributed by atoms with van der Waals surface area (Å²) in [5.41, 5.74) is 1.32. The Balaban J connectivity index is 0.000000599. The van der Waals surface area contributed by atoms with Gasteiger partial charge < -0.3 is 19.7 Å². The Labute approximate surface area is 240 Å². The zero-order valence-electron chi connectivity index (χ0n) is 21.2. The van der Waals surface area contributed by atoms with E-state index in [1.807, 2.05) is 0 Å². The lowest BCUT2D eigenvalue weighted by molar-refractivity contribution is 0.0484. The highest BCUT2D eigenvalue weighted by Gasteiger charge is 2.13. The van der Waals surface area contributed by atoms with Crippen molar-refractivity contribution in [1.82, 2.24) is 0 Å². The van der Waals surface area contributed by atoms with Crippen LogP contribution in [0, 0.1) is 0 Å². The van der Waals surface area contributed by atoms with E-state index in [1.165, 1.54) is 24.3 Å². The second-order valence-corrected chi connectivity index (χ2v) is 8.94. The number of carbonyl (C=O) groups is 4. The number of rotatable bonds is 7. The van der Waals surface area contributed by atoms with Crippen molar-refractivity contribution in [2.45, 2.75) is 58.8 Å². The van der Waals surface area contributed by atoms with Gasteiger partial charge in [-0.25, -0.2) is 9.59 Å². The minimum atomic E-state index is -0.602. The zero-order valence-corrected chi connectivity index (χ0v) is 22.7. The van der Waals surface area contributed by atoms with E-state index in [1.54, 1.807) is 24.3 Å². The van der Waals surface area contributed by atoms with E-state index >= 15 is 0 Å². The Hall–Kier alpha value is -2.78. The second-order valence-electron chi connectivity index (χ2n) is 8.26. The number of benzene rings is 2. The highest BCUT2D eigenvalue weighted by molar-refractivity contribution is 6.69. The van der Waals surface area contributed by atoms with Gasteiger partial charge in [0.05, 0.1) is 24.3 Å². The van der Waals surface area contributed by atoms with Gasteiger partial charge >= 0.3 is 11.9 Å². The minimum absolute atomic E-state index is 0. The molecule has 2 aromatic carbocycles. The first-order valence-electron chi connectivity index (χ1n) is 12.5. The number of fused-ring (bicyclic) bond motifs is 2. The monoisotopic (exact) mass is 584 g/mol. The molecule has 0 atom stereocenters. The van der Waals surface area contributed by atoms with Crippen molar-refractivity contribution in [2.75, 3.05) is 26.4 Å². The molecule has 2 N–H and O–H groups in total. The number of carbonyl (C=O) groups excluding carboxylic acids is 4. The fraction of sp³-hybridized carbons (Fsp3) is 0.448. The number of aliphatic hydroxyl groups is 2. The topological polar surface area (TPSA) is 127 Å². The summed E-state index contributed by atoms with van der Waals surface area (Å²) in [6, 6.07) is 12.4. The molecule has 0 radical (unpaired) electrons. The number of halogens is 2. The van der Waals surface area contributed by atoms with Crippen LogP contribution in [0.25, 0.3) is 0 Å². The third-order valence-electron chi connectivity index (χ3n) is 5.22. The maximum atomic E-state index is 11.7. The van der Waals surface area contributed by atoms with Crippen molar-refractivity contribution in [2.24, 2.45) is 0 Å². The van der Waals surface area contributed by atoms with Crippen LogP contribution in [0.4, 0.5) is 0 Å². The molecule has 39 heavy (non-hydrogen) atoms. The van der Waals surface area contributed by atoms with Gasteiger partial charge in [0.15, 0.2) is 0 Å². The van der Waals surface area contributed by atoms with Gasteiger partial charge in [-0.15, -0.1) is 0 Å². The van der Waals surface area contributed by atoms with Crippen LogP contribution in [0.5, 0.6) is 0 Å². The van der Waals surface area contributed by atoms with Crippen LogP contribution in [0.2, 0.25) is 0 Å². The van der Waals surface area contributed by atoms with Crippen LogP contribution in [-0.2, 0) is 9.47 Å². The number of unbranched alkanes of at least 4 members (excludes halogenated alkanes) is 3. The molecule has 0 amide bonds. The molecule has 8 nitrogen and oxygen atoms in total. The lowest BCUT2D eigenvalue weighted by Gasteiger charge is -2.05. The first-order chi connectivity index (χ1) is 18.3. The molecule has 0 saturated heterocycles. The Morgan fingerprint density at radius 3 is 1.46 bits per heavy atom. The normalized spacial score (nSPS) is 13.1. The van der Waals surface area contributed by atoms with E-state index in [2.05, 4.69) is 0 Å². The van der Waals surface area contributed by atoms with Crippen LogP contribution < -0.4 is 0 Å². The summed E-state index contributed by atoms with van der Waals surface area (Å²) in [7, 11) is 0. The van der Waals surface area contributed by atoms with Gasteiger partial charge in [-0.1, -0.05) is 44.5 Å². The van der Waals surface area contributed by atoms with Crippen LogP contribution in [0.1, 0.15) is 100 Å². The molecule has 3 rings (SSSR count). The number of ether oxygens (including phenoxy) is 2. The van der Waals surface area contributed by atoms with E-state index in [4.69, 9.17) is 42.9 Å². The third-order valence-corrected chi connectivity index (χ3v) is 5.66. The highest BCUT2D eigenvalue weighted by Crippen LogP contribution is 2.12. The molecule has 2 aromatic rings. The maximum Gasteiger partial charge on any atom is 0.338 e. The van der Waals surface area contributed by atoms with E-state index in [9.17, 15) is 19.2 Å². The average Bonchev–Trinajstić information content (AvgIpc) is 2.93. The maximum absolute atomic E-state index is 11.7. The van der Waals surface area contributed by atoms with E-state index in [0.717, 1.165) is 51.4 Å². The molecular weight excluding hydrogens is 547 g/mol.